The third-order valence-corrected chi connectivity index (χ3v) is 3.15. The van der Waals surface area contributed by atoms with Crippen molar-refractivity contribution in [2.24, 2.45) is 0 Å². The molecule has 0 aromatic carbocycles. The van der Waals surface area contributed by atoms with E-state index in [4.69, 9.17) is 4.52 Å². The first-order valence-electron chi connectivity index (χ1n) is 5.80. The van der Waals surface area contributed by atoms with E-state index in [0.717, 1.165) is 13.0 Å². The molecule has 1 aliphatic rings. The highest BCUT2D eigenvalue weighted by Gasteiger charge is 2.30. The molecule has 0 radical (unpaired) electrons. The minimum Gasteiger partial charge on any atom is -0.343 e. The quantitative estimate of drug-likeness (QED) is 0.790. The van der Waals surface area contributed by atoms with Gasteiger partial charge in [0.2, 0.25) is 6.39 Å². The van der Waals surface area contributed by atoms with Crippen molar-refractivity contribution in [1.29, 1.82) is 0 Å². The largest absolute Gasteiger partial charge is 0.343 e. The molecule has 0 unspecified atom stereocenters. The van der Waals surface area contributed by atoms with Crippen LogP contribution in [0.25, 0.3) is 0 Å². The highest BCUT2D eigenvalue weighted by Crippen LogP contribution is 2.25. The summed E-state index contributed by atoms with van der Waals surface area (Å²) < 4.78 is 4.73. The Balaban J connectivity index is 1.71. The van der Waals surface area contributed by atoms with Crippen molar-refractivity contribution in [3.05, 3.63) is 42.3 Å². The number of rotatable bonds is 2. The number of carbonyl (C=O) groups excluding carboxylic acids is 1. The average Bonchev–Trinajstić information content (AvgIpc) is 3.09. The number of pyridine rings is 1. The van der Waals surface area contributed by atoms with Crippen molar-refractivity contribution in [1.82, 2.24) is 20.0 Å². The van der Waals surface area contributed by atoms with Crippen molar-refractivity contribution < 1.29 is 9.32 Å². The summed E-state index contributed by atoms with van der Waals surface area (Å²) in [6.07, 6.45) is 5.44. The molecule has 1 fully saturated rings. The van der Waals surface area contributed by atoms with E-state index in [0.29, 0.717) is 17.9 Å². The second kappa shape index (κ2) is 4.56. The van der Waals surface area contributed by atoms with E-state index >= 15 is 0 Å². The topological polar surface area (TPSA) is 72.1 Å². The van der Waals surface area contributed by atoms with Crippen LogP contribution >= 0.6 is 0 Å². The number of nitrogens with zero attached hydrogens (tertiary/aromatic N) is 4. The standard InChI is InChI=1S/C12H12N4O2/c17-12(9-1-4-13-5-2-9)16-6-3-10(7-16)11-14-8-18-15-11/h1-2,4-5,8,10H,3,6-7H2/t10-/m0/s1. The van der Waals surface area contributed by atoms with E-state index in [-0.39, 0.29) is 11.8 Å². The average molecular weight is 244 g/mol. The molecular formula is C12H12N4O2. The zero-order chi connectivity index (χ0) is 12.4. The molecule has 18 heavy (non-hydrogen) atoms. The van der Waals surface area contributed by atoms with Gasteiger partial charge in [0.1, 0.15) is 0 Å². The molecule has 0 bridgehead atoms. The molecule has 6 heteroatoms. The molecule has 1 saturated heterocycles. The van der Waals surface area contributed by atoms with Gasteiger partial charge in [-0.25, -0.2) is 0 Å². The van der Waals surface area contributed by atoms with E-state index < -0.39 is 0 Å². The molecule has 0 saturated carbocycles. The summed E-state index contributed by atoms with van der Waals surface area (Å²) in [5.41, 5.74) is 0.666. The van der Waals surface area contributed by atoms with Gasteiger partial charge in [-0.05, 0) is 18.6 Å². The maximum absolute atomic E-state index is 12.2. The summed E-state index contributed by atoms with van der Waals surface area (Å²) in [4.78, 5) is 22.0. The number of hydrogen-bond donors (Lipinski definition) is 0. The highest BCUT2D eigenvalue weighted by molar-refractivity contribution is 5.94. The second-order valence-corrected chi connectivity index (χ2v) is 4.26. The van der Waals surface area contributed by atoms with E-state index in [1.165, 1.54) is 6.39 Å². The monoisotopic (exact) mass is 244 g/mol. The zero-order valence-electron chi connectivity index (χ0n) is 9.69. The van der Waals surface area contributed by atoms with Crippen LogP contribution in [0.2, 0.25) is 0 Å². The SMILES string of the molecule is O=C(c1ccncc1)N1CC[C@H](c2ncon2)C1. The smallest absolute Gasteiger partial charge is 0.253 e. The predicted molar refractivity (Wildman–Crippen MR) is 61.8 cm³/mol. The van der Waals surface area contributed by atoms with Gasteiger partial charge in [0, 0.05) is 37.0 Å². The highest BCUT2D eigenvalue weighted by atomic mass is 16.5. The number of likely N-dealkylation sites (tertiary alicyclic amines) is 1. The minimum absolute atomic E-state index is 0.0309. The van der Waals surface area contributed by atoms with Gasteiger partial charge in [0.25, 0.3) is 5.91 Å². The number of carbonyl (C=O) groups is 1. The van der Waals surface area contributed by atoms with Crippen molar-refractivity contribution in [2.75, 3.05) is 13.1 Å². The van der Waals surface area contributed by atoms with Crippen LogP contribution in [-0.4, -0.2) is 39.0 Å². The zero-order valence-corrected chi connectivity index (χ0v) is 9.69. The molecule has 1 aliphatic heterocycles. The normalized spacial score (nSPS) is 19.1. The molecule has 1 amide bonds. The van der Waals surface area contributed by atoms with E-state index in [2.05, 4.69) is 15.1 Å². The first kappa shape index (κ1) is 10.9. The van der Waals surface area contributed by atoms with Crippen LogP contribution in [0, 0.1) is 0 Å². The Hall–Kier alpha value is -2.24. The molecule has 0 N–H and O–H groups in total. The maximum atomic E-state index is 12.2. The molecule has 2 aromatic heterocycles. The lowest BCUT2D eigenvalue weighted by Gasteiger charge is -2.15. The third kappa shape index (κ3) is 1.97. The van der Waals surface area contributed by atoms with Gasteiger partial charge >= 0.3 is 0 Å². The Morgan fingerprint density at radius 2 is 2.22 bits per heavy atom. The molecule has 92 valence electrons. The van der Waals surface area contributed by atoms with E-state index in [1.54, 1.807) is 24.5 Å². The number of hydrogen-bond acceptors (Lipinski definition) is 5. The van der Waals surface area contributed by atoms with Crippen LogP contribution in [0.3, 0.4) is 0 Å². The van der Waals surface area contributed by atoms with Crippen LogP contribution in [-0.2, 0) is 0 Å². The summed E-state index contributed by atoms with van der Waals surface area (Å²) in [5.74, 6) is 0.887. The molecule has 3 heterocycles. The maximum Gasteiger partial charge on any atom is 0.253 e. The fraction of sp³-hybridized carbons (Fsp3) is 0.333. The van der Waals surface area contributed by atoms with Gasteiger partial charge in [-0.1, -0.05) is 5.16 Å². The Morgan fingerprint density at radius 3 is 2.94 bits per heavy atom. The van der Waals surface area contributed by atoms with Gasteiger partial charge in [0.05, 0.1) is 0 Å². The summed E-state index contributed by atoms with van der Waals surface area (Å²) in [7, 11) is 0. The van der Waals surface area contributed by atoms with Crippen molar-refractivity contribution >= 4 is 5.91 Å². The lowest BCUT2D eigenvalue weighted by atomic mass is 10.1. The molecular weight excluding hydrogens is 232 g/mol. The number of amides is 1. The van der Waals surface area contributed by atoms with Gasteiger partial charge in [-0.3, -0.25) is 9.78 Å². The van der Waals surface area contributed by atoms with E-state index in [1.807, 2.05) is 4.90 Å². The van der Waals surface area contributed by atoms with Crippen molar-refractivity contribution in [3.8, 4) is 0 Å². The summed E-state index contributed by atoms with van der Waals surface area (Å²) >= 11 is 0. The van der Waals surface area contributed by atoms with Crippen molar-refractivity contribution in [3.63, 3.8) is 0 Å². The van der Waals surface area contributed by atoms with E-state index in [9.17, 15) is 4.79 Å². The molecule has 0 aliphatic carbocycles. The van der Waals surface area contributed by atoms with Crippen LogP contribution < -0.4 is 0 Å². The first-order valence-corrected chi connectivity index (χ1v) is 5.80. The Labute approximate surface area is 104 Å². The van der Waals surface area contributed by atoms with Crippen LogP contribution in [0.4, 0.5) is 0 Å². The summed E-state index contributed by atoms with van der Waals surface area (Å²) in [6.45, 7) is 1.36. The Bertz CT molecular complexity index is 526. The lowest BCUT2D eigenvalue weighted by Crippen LogP contribution is -2.28. The van der Waals surface area contributed by atoms with Crippen LogP contribution in [0.15, 0.2) is 35.4 Å². The second-order valence-electron chi connectivity index (χ2n) is 4.26. The van der Waals surface area contributed by atoms with Crippen LogP contribution in [0.1, 0.15) is 28.5 Å². The molecule has 6 nitrogen and oxygen atoms in total. The van der Waals surface area contributed by atoms with Gasteiger partial charge in [-0.15, -0.1) is 0 Å². The summed E-state index contributed by atoms with van der Waals surface area (Å²) in [5, 5.41) is 3.83. The lowest BCUT2D eigenvalue weighted by molar-refractivity contribution is 0.0790. The Morgan fingerprint density at radius 1 is 1.39 bits per heavy atom. The minimum atomic E-state index is 0.0309. The fourth-order valence-corrected chi connectivity index (χ4v) is 2.19. The molecule has 3 rings (SSSR count). The first-order chi connectivity index (χ1) is 8.84. The number of aromatic nitrogens is 3. The molecule has 0 spiro atoms. The molecule has 2 aromatic rings. The molecule has 1 atom stereocenters. The predicted octanol–water partition coefficient (Wildman–Crippen LogP) is 1.09. The van der Waals surface area contributed by atoms with Crippen molar-refractivity contribution in [2.45, 2.75) is 12.3 Å². The fourth-order valence-electron chi connectivity index (χ4n) is 2.19. The Kier molecular flexibility index (Phi) is 2.76. The van der Waals surface area contributed by atoms with Gasteiger partial charge < -0.3 is 9.42 Å². The van der Waals surface area contributed by atoms with Crippen LogP contribution in [0.5, 0.6) is 0 Å². The van der Waals surface area contributed by atoms with Gasteiger partial charge in [0.15, 0.2) is 5.82 Å². The summed E-state index contributed by atoms with van der Waals surface area (Å²) in [6, 6.07) is 3.45. The van der Waals surface area contributed by atoms with Gasteiger partial charge in [-0.2, -0.15) is 4.98 Å². The third-order valence-electron chi connectivity index (χ3n) is 3.15.